The van der Waals surface area contributed by atoms with Crippen LogP contribution in [0.15, 0.2) is 60.5 Å². The largest absolute Gasteiger partial charge is 0.389 e. The second kappa shape index (κ2) is 8.22. The summed E-state index contributed by atoms with van der Waals surface area (Å²) in [6, 6.07) is 11.7. The van der Waals surface area contributed by atoms with Crippen LogP contribution in [0.4, 0.5) is 0 Å². The molecule has 3 aromatic rings. The second-order valence-corrected chi connectivity index (χ2v) is 7.88. The molecule has 1 saturated heterocycles. The first-order chi connectivity index (χ1) is 13.7. The summed E-state index contributed by atoms with van der Waals surface area (Å²) in [5.41, 5.74) is 1.75. The average molecular weight is 398 g/mol. The summed E-state index contributed by atoms with van der Waals surface area (Å²) in [5, 5.41) is 18.5. The molecule has 2 N–H and O–H groups in total. The van der Waals surface area contributed by atoms with Crippen LogP contribution in [0.1, 0.15) is 21.7 Å². The number of thiazole rings is 1. The number of aliphatic hydroxyl groups is 1. The number of piperidine rings is 1. The standard InChI is InChI=1S/C20H23N5O2S/c26-18-14-24(11-12-25-9-4-8-22-25)10-7-20(18,16-5-2-1-3-6-16)23-19(27)17-13-21-15-28-17/h1-6,8-9,13,15,18,26H,7,10-12,14H2,(H,23,27)/t18-,20+/m1/s1. The van der Waals surface area contributed by atoms with E-state index >= 15 is 0 Å². The van der Waals surface area contributed by atoms with Crippen LogP contribution in [0, 0.1) is 0 Å². The van der Waals surface area contributed by atoms with Crippen molar-refractivity contribution in [3.8, 4) is 0 Å². The highest BCUT2D eigenvalue weighted by molar-refractivity contribution is 7.11. The monoisotopic (exact) mass is 397 g/mol. The van der Waals surface area contributed by atoms with Gasteiger partial charge in [0, 0.05) is 32.0 Å². The summed E-state index contributed by atoms with van der Waals surface area (Å²) >= 11 is 1.30. The Labute approximate surface area is 167 Å². The summed E-state index contributed by atoms with van der Waals surface area (Å²) in [5.74, 6) is -0.199. The van der Waals surface area contributed by atoms with Gasteiger partial charge >= 0.3 is 0 Å². The molecule has 1 aliphatic heterocycles. The van der Waals surface area contributed by atoms with Crippen molar-refractivity contribution in [1.82, 2.24) is 25.0 Å². The third kappa shape index (κ3) is 3.84. The van der Waals surface area contributed by atoms with Crippen molar-refractivity contribution in [3.63, 3.8) is 0 Å². The van der Waals surface area contributed by atoms with E-state index in [1.807, 2.05) is 47.3 Å². The minimum atomic E-state index is -0.815. The van der Waals surface area contributed by atoms with Crippen LogP contribution in [-0.2, 0) is 12.1 Å². The van der Waals surface area contributed by atoms with Crippen molar-refractivity contribution in [2.45, 2.75) is 24.6 Å². The molecule has 0 aliphatic carbocycles. The number of amides is 1. The van der Waals surface area contributed by atoms with Gasteiger partial charge in [-0.25, -0.2) is 0 Å². The number of aromatic nitrogens is 3. The highest BCUT2D eigenvalue weighted by Gasteiger charge is 2.45. The normalized spacial score (nSPS) is 22.8. The number of benzene rings is 1. The van der Waals surface area contributed by atoms with E-state index in [-0.39, 0.29) is 5.91 Å². The molecule has 0 bridgehead atoms. The number of likely N-dealkylation sites (tertiary alicyclic amines) is 1. The van der Waals surface area contributed by atoms with Crippen LogP contribution in [0.25, 0.3) is 0 Å². The molecule has 2 aromatic heterocycles. The van der Waals surface area contributed by atoms with Gasteiger partial charge in [0.05, 0.1) is 29.9 Å². The number of carbonyl (C=O) groups excluding carboxylic acids is 1. The van der Waals surface area contributed by atoms with E-state index in [1.165, 1.54) is 11.3 Å². The SMILES string of the molecule is O=C(N[C@]1(c2ccccc2)CCN(CCn2cccn2)C[C@H]1O)c1cncs1. The lowest BCUT2D eigenvalue weighted by molar-refractivity contribution is -0.0164. The first-order valence-electron chi connectivity index (χ1n) is 9.32. The van der Waals surface area contributed by atoms with E-state index in [2.05, 4.69) is 20.3 Å². The van der Waals surface area contributed by atoms with Gasteiger partial charge in [-0.3, -0.25) is 19.4 Å². The lowest BCUT2D eigenvalue weighted by Crippen LogP contribution is -2.62. The molecule has 1 fully saturated rings. The second-order valence-electron chi connectivity index (χ2n) is 6.99. The van der Waals surface area contributed by atoms with Crippen molar-refractivity contribution < 1.29 is 9.90 Å². The molecule has 1 amide bonds. The number of nitrogens with zero attached hydrogens (tertiary/aromatic N) is 4. The van der Waals surface area contributed by atoms with E-state index in [0.717, 1.165) is 25.2 Å². The van der Waals surface area contributed by atoms with Crippen LogP contribution in [0.3, 0.4) is 0 Å². The fourth-order valence-electron chi connectivity index (χ4n) is 3.75. The van der Waals surface area contributed by atoms with E-state index in [4.69, 9.17) is 0 Å². The quantitative estimate of drug-likeness (QED) is 0.662. The summed E-state index contributed by atoms with van der Waals surface area (Å²) in [7, 11) is 0. The van der Waals surface area contributed by atoms with E-state index in [0.29, 0.717) is 17.8 Å². The molecule has 0 saturated carbocycles. The summed E-state index contributed by atoms with van der Waals surface area (Å²) < 4.78 is 1.89. The molecule has 7 nitrogen and oxygen atoms in total. The first-order valence-corrected chi connectivity index (χ1v) is 10.2. The molecule has 146 valence electrons. The van der Waals surface area contributed by atoms with Crippen LogP contribution >= 0.6 is 11.3 Å². The minimum Gasteiger partial charge on any atom is -0.389 e. The number of β-amino-alcohol motifs (C(OH)–C–C–N with tert-alkyl or cyclic N) is 1. The fraction of sp³-hybridized carbons (Fsp3) is 0.350. The fourth-order valence-corrected chi connectivity index (χ4v) is 4.27. The molecule has 8 heteroatoms. The Balaban J connectivity index is 1.52. The molecule has 28 heavy (non-hydrogen) atoms. The number of carbonyl (C=O) groups is 1. The minimum absolute atomic E-state index is 0.199. The van der Waals surface area contributed by atoms with Crippen molar-refractivity contribution in [2.75, 3.05) is 19.6 Å². The summed E-state index contributed by atoms with van der Waals surface area (Å²) in [6.07, 6.45) is 5.16. The van der Waals surface area contributed by atoms with Gasteiger partial charge in [0.15, 0.2) is 0 Å². The van der Waals surface area contributed by atoms with Crippen LogP contribution in [-0.4, -0.2) is 56.4 Å². The predicted octanol–water partition coefficient (Wildman–Crippen LogP) is 1.73. The molecule has 1 aromatic carbocycles. The van der Waals surface area contributed by atoms with Gasteiger partial charge in [-0.05, 0) is 18.1 Å². The van der Waals surface area contributed by atoms with Gasteiger partial charge in [0.2, 0.25) is 0 Å². The van der Waals surface area contributed by atoms with E-state index in [9.17, 15) is 9.90 Å². The number of nitrogens with one attached hydrogen (secondary N) is 1. The molecule has 0 spiro atoms. The van der Waals surface area contributed by atoms with Crippen molar-refractivity contribution in [3.05, 3.63) is 70.9 Å². The smallest absolute Gasteiger partial charge is 0.263 e. The maximum atomic E-state index is 12.8. The lowest BCUT2D eigenvalue weighted by Gasteiger charge is -2.46. The lowest BCUT2D eigenvalue weighted by atomic mass is 9.78. The highest BCUT2D eigenvalue weighted by Crippen LogP contribution is 2.34. The van der Waals surface area contributed by atoms with Crippen molar-refractivity contribution >= 4 is 17.2 Å². The highest BCUT2D eigenvalue weighted by atomic mass is 32.1. The Hall–Kier alpha value is -2.55. The maximum Gasteiger partial charge on any atom is 0.263 e. The van der Waals surface area contributed by atoms with E-state index in [1.54, 1.807) is 17.9 Å². The molecule has 0 radical (unpaired) electrons. The maximum absolute atomic E-state index is 12.8. The summed E-state index contributed by atoms with van der Waals surface area (Å²) in [4.78, 5) is 19.5. The zero-order valence-corrected chi connectivity index (χ0v) is 16.3. The number of rotatable bonds is 6. The number of aliphatic hydroxyl groups excluding tert-OH is 1. The Kier molecular flexibility index (Phi) is 5.52. The topological polar surface area (TPSA) is 83.3 Å². The molecular weight excluding hydrogens is 374 g/mol. The van der Waals surface area contributed by atoms with Crippen LogP contribution < -0.4 is 5.32 Å². The third-order valence-corrected chi connectivity index (χ3v) is 6.08. The number of hydrogen-bond donors (Lipinski definition) is 2. The van der Waals surface area contributed by atoms with Gasteiger partial charge in [-0.15, -0.1) is 11.3 Å². The Morgan fingerprint density at radius 2 is 2.14 bits per heavy atom. The molecule has 4 rings (SSSR count). The van der Waals surface area contributed by atoms with E-state index < -0.39 is 11.6 Å². The average Bonchev–Trinajstić information content (AvgIpc) is 3.43. The zero-order chi connectivity index (χ0) is 19.4. The third-order valence-electron chi connectivity index (χ3n) is 5.31. The van der Waals surface area contributed by atoms with Gasteiger partial charge in [-0.2, -0.15) is 5.10 Å². The van der Waals surface area contributed by atoms with Gasteiger partial charge < -0.3 is 10.4 Å². The molecule has 0 unspecified atom stereocenters. The molecule has 1 aliphatic rings. The van der Waals surface area contributed by atoms with Gasteiger partial charge in [0.1, 0.15) is 4.88 Å². The Morgan fingerprint density at radius 3 is 2.82 bits per heavy atom. The Morgan fingerprint density at radius 1 is 1.29 bits per heavy atom. The van der Waals surface area contributed by atoms with Crippen molar-refractivity contribution in [1.29, 1.82) is 0 Å². The van der Waals surface area contributed by atoms with Crippen LogP contribution in [0.2, 0.25) is 0 Å². The number of hydrogen-bond acceptors (Lipinski definition) is 6. The zero-order valence-electron chi connectivity index (χ0n) is 15.4. The Bertz CT molecular complexity index is 885. The van der Waals surface area contributed by atoms with Crippen LogP contribution in [0.5, 0.6) is 0 Å². The van der Waals surface area contributed by atoms with Gasteiger partial charge in [-0.1, -0.05) is 30.3 Å². The molecule has 3 heterocycles. The van der Waals surface area contributed by atoms with Crippen molar-refractivity contribution in [2.24, 2.45) is 0 Å². The first kappa shape index (κ1) is 18.8. The molecular formula is C20H23N5O2S. The predicted molar refractivity (Wildman–Crippen MR) is 107 cm³/mol. The molecule has 2 atom stereocenters. The van der Waals surface area contributed by atoms with Gasteiger partial charge in [0.25, 0.3) is 5.91 Å². The summed E-state index contributed by atoms with van der Waals surface area (Å²) in [6.45, 7) is 2.83.